The molecule has 0 heterocycles. The van der Waals surface area contributed by atoms with Crippen LogP contribution in [0.4, 0.5) is 0 Å². The molecule has 0 aromatic heterocycles. The van der Waals surface area contributed by atoms with Gasteiger partial charge in [0.15, 0.2) is 0 Å². The van der Waals surface area contributed by atoms with Crippen LogP contribution in [0, 0.1) is 5.41 Å². The van der Waals surface area contributed by atoms with Crippen molar-refractivity contribution in [3.63, 3.8) is 0 Å². The molecule has 0 aliphatic heterocycles. The molecule has 0 spiro atoms. The standard InChI is InChI=1S/C6H14N2/c1-8-6-4-2-3-5-7/h5,7-8H,2-4,6H2,1H3. The summed E-state index contributed by atoms with van der Waals surface area (Å²) in [5.74, 6) is 0. The van der Waals surface area contributed by atoms with Crippen molar-refractivity contribution in [2.45, 2.75) is 19.3 Å². The van der Waals surface area contributed by atoms with E-state index < -0.39 is 0 Å². The maximum absolute atomic E-state index is 6.69. The van der Waals surface area contributed by atoms with Crippen molar-refractivity contribution in [1.29, 1.82) is 5.41 Å². The molecule has 0 atom stereocenters. The number of nitrogens with one attached hydrogen (secondary N) is 2. The van der Waals surface area contributed by atoms with Crippen LogP contribution in [0.1, 0.15) is 19.3 Å². The van der Waals surface area contributed by atoms with Crippen molar-refractivity contribution in [1.82, 2.24) is 5.32 Å². The summed E-state index contributed by atoms with van der Waals surface area (Å²) in [4.78, 5) is 0. The molecule has 0 saturated heterocycles. The Morgan fingerprint density at radius 3 is 2.75 bits per heavy atom. The number of rotatable bonds is 5. The van der Waals surface area contributed by atoms with Gasteiger partial charge in [-0.25, -0.2) is 0 Å². The molecule has 0 aliphatic rings. The third kappa shape index (κ3) is 5.63. The molecule has 48 valence electrons. The number of hydrogen-bond donors (Lipinski definition) is 2. The van der Waals surface area contributed by atoms with E-state index in [1.165, 1.54) is 12.6 Å². The topological polar surface area (TPSA) is 35.9 Å². The average Bonchev–Trinajstić information content (AvgIpc) is 1.81. The molecule has 0 fully saturated rings. The maximum Gasteiger partial charge on any atom is -0.00477 e. The molecule has 2 heteroatoms. The fraction of sp³-hybridized carbons (Fsp3) is 0.833. The van der Waals surface area contributed by atoms with Crippen LogP contribution >= 0.6 is 0 Å². The lowest BCUT2D eigenvalue weighted by Gasteiger charge is -1.93. The van der Waals surface area contributed by atoms with Crippen LogP contribution in [-0.4, -0.2) is 19.8 Å². The Bertz CT molecular complexity index is 52.5. The number of unbranched alkanes of at least 4 members (excludes halogenated alkanes) is 2. The van der Waals surface area contributed by atoms with Gasteiger partial charge >= 0.3 is 0 Å². The zero-order valence-corrected chi connectivity index (χ0v) is 5.41. The smallest absolute Gasteiger partial charge is 0.00477 e. The highest BCUT2D eigenvalue weighted by Gasteiger charge is 1.81. The first kappa shape index (κ1) is 7.63. The van der Waals surface area contributed by atoms with E-state index in [9.17, 15) is 0 Å². The highest BCUT2D eigenvalue weighted by molar-refractivity contribution is 5.52. The first-order valence-corrected chi connectivity index (χ1v) is 3.05. The highest BCUT2D eigenvalue weighted by atomic mass is 14.8. The summed E-state index contributed by atoms with van der Waals surface area (Å²) in [6, 6.07) is 0. The van der Waals surface area contributed by atoms with Crippen LogP contribution in [0.15, 0.2) is 0 Å². The maximum atomic E-state index is 6.69. The highest BCUT2D eigenvalue weighted by Crippen LogP contribution is 1.88. The van der Waals surface area contributed by atoms with Crippen molar-refractivity contribution >= 4 is 6.21 Å². The Morgan fingerprint density at radius 2 is 2.25 bits per heavy atom. The summed E-state index contributed by atoms with van der Waals surface area (Å²) in [5.41, 5.74) is 0. The summed E-state index contributed by atoms with van der Waals surface area (Å²) in [6.07, 6.45) is 4.73. The molecule has 0 radical (unpaired) electrons. The fourth-order valence-electron chi connectivity index (χ4n) is 0.548. The SMILES string of the molecule is CNCCCCC=N. The monoisotopic (exact) mass is 114 g/mol. The molecule has 0 aliphatic carbocycles. The van der Waals surface area contributed by atoms with Gasteiger partial charge in [0.25, 0.3) is 0 Å². The predicted octanol–water partition coefficient (Wildman–Crippen LogP) is 1.03. The van der Waals surface area contributed by atoms with Crippen LogP contribution in [0.2, 0.25) is 0 Å². The second-order valence-corrected chi connectivity index (χ2v) is 1.80. The normalized spacial score (nSPS) is 9.12. The Balaban J connectivity index is 2.62. The lowest BCUT2D eigenvalue weighted by atomic mass is 10.2. The molecular weight excluding hydrogens is 100 g/mol. The second kappa shape index (κ2) is 6.63. The van der Waals surface area contributed by atoms with Crippen LogP contribution < -0.4 is 5.32 Å². The molecule has 0 aromatic rings. The summed E-state index contributed by atoms with van der Waals surface area (Å²) in [6.45, 7) is 1.08. The third-order valence-electron chi connectivity index (χ3n) is 1.03. The molecule has 0 bridgehead atoms. The molecular formula is C6H14N2. The van der Waals surface area contributed by atoms with Crippen molar-refractivity contribution in [2.24, 2.45) is 0 Å². The van der Waals surface area contributed by atoms with E-state index in [-0.39, 0.29) is 0 Å². The van der Waals surface area contributed by atoms with E-state index in [2.05, 4.69) is 5.32 Å². The van der Waals surface area contributed by atoms with Gasteiger partial charge in [-0.3, -0.25) is 0 Å². The Morgan fingerprint density at radius 1 is 1.50 bits per heavy atom. The van der Waals surface area contributed by atoms with Gasteiger partial charge < -0.3 is 10.7 Å². The van der Waals surface area contributed by atoms with Crippen molar-refractivity contribution in [2.75, 3.05) is 13.6 Å². The quantitative estimate of drug-likeness (QED) is 0.406. The molecule has 2 nitrogen and oxygen atoms in total. The van der Waals surface area contributed by atoms with Gasteiger partial charge in [-0.2, -0.15) is 0 Å². The molecule has 8 heavy (non-hydrogen) atoms. The summed E-state index contributed by atoms with van der Waals surface area (Å²) >= 11 is 0. The zero-order chi connectivity index (χ0) is 6.24. The lowest BCUT2D eigenvalue weighted by Crippen LogP contribution is -2.06. The van der Waals surface area contributed by atoms with E-state index in [4.69, 9.17) is 5.41 Å². The van der Waals surface area contributed by atoms with E-state index in [0.29, 0.717) is 0 Å². The molecule has 0 rings (SSSR count). The van der Waals surface area contributed by atoms with Crippen LogP contribution in [-0.2, 0) is 0 Å². The molecule has 0 unspecified atom stereocenters. The average molecular weight is 114 g/mol. The van der Waals surface area contributed by atoms with Crippen LogP contribution in [0.25, 0.3) is 0 Å². The van der Waals surface area contributed by atoms with Gasteiger partial charge in [0, 0.05) is 0 Å². The van der Waals surface area contributed by atoms with E-state index in [1.54, 1.807) is 0 Å². The van der Waals surface area contributed by atoms with Gasteiger partial charge in [-0.05, 0) is 39.1 Å². The van der Waals surface area contributed by atoms with Gasteiger partial charge in [-0.15, -0.1) is 0 Å². The molecule has 0 aromatic carbocycles. The zero-order valence-electron chi connectivity index (χ0n) is 5.41. The Kier molecular flexibility index (Phi) is 6.32. The molecule has 2 N–H and O–H groups in total. The predicted molar refractivity (Wildman–Crippen MR) is 36.6 cm³/mol. The first-order valence-electron chi connectivity index (χ1n) is 3.05. The Hall–Kier alpha value is -0.370. The minimum Gasteiger partial charge on any atom is -0.320 e. The fourth-order valence-corrected chi connectivity index (χ4v) is 0.548. The second-order valence-electron chi connectivity index (χ2n) is 1.80. The van der Waals surface area contributed by atoms with Gasteiger partial charge in [-0.1, -0.05) is 0 Å². The minimum absolute atomic E-state index is 0.932. The van der Waals surface area contributed by atoms with E-state index >= 15 is 0 Å². The Labute approximate surface area is 50.8 Å². The first-order chi connectivity index (χ1) is 3.91. The number of hydrogen-bond acceptors (Lipinski definition) is 2. The largest absolute Gasteiger partial charge is 0.320 e. The molecule has 0 amide bonds. The van der Waals surface area contributed by atoms with Gasteiger partial charge in [0.05, 0.1) is 0 Å². The van der Waals surface area contributed by atoms with Crippen LogP contribution in [0.5, 0.6) is 0 Å². The van der Waals surface area contributed by atoms with Crippen LogP contribution in [0.3, 0.4) is 0 Å². The third-order valence-corrected chi connectivity index (χ3v) is 1.03. The summed E-state index contributed by atoms with van der Waals surface area (Å²) in [7, 11) is 1.95. The van der Waals surface area contributed by atoms with Gasteiger partial charge in [0.1, 0.15) is 0 Å². The molecule has 0 saturated carbocycles. The van der Waals surface area contributed by atoms with E-state index in [0.717, 1.165) is 19.4 Å². The summed E-state index contributed by atoms with van der Waals surface area (Å²) < 4.78 is 0. The van der Waals surface area contributed by atoms with Crippen molar-refractivity contribution < 1.29 is 0 Å². The van der Waals surface area contributed by atoms with Crippen molar-refractivity contribution in [3.8, 4) is 0 Å². The lowest BCUT2D eigenvalue weighted by molar-refractivity contribution is 0.695. The minimum atomic E-state index is 0.932. The van der Waals surface area contributed by atoms with E-state index in [1.807, 2.05) is 7.05 Å². The summed E-state index contributed by atoms with van der Waals surface area (Å²) in [5, 5.41) is 9.74. The van der Waals surface area contributed by atoms with Crippen molar-refractivity contribution in [3.05, 3.63) is 0 Å². The van der Waals surface area contributed by atoms with Gasteiger partial charge in [0.2, 0.25) is 0 Å².